The van der Waals surface area contributed by atoms with Gasteiger partial charge in [-0.3, -0.25) is 9.89 Å². The summed E-state index contributed by atoms with van der Waals surface area (Å²) in [6, 6.07) is 0. The maximum Gasteiger partial charge on any atom is 0.383 e. The average Bonchev–Trinajstić information content (AvgIpc) is 2.66. The molecule has 0 unspecified atom stereocenters. The Balaban J connectivity index is 2.49. The van der Waals surface area contributed by atoms with Crippen LogP contribution in [0.2, 0.25) is 0 Å². The molecule has 0 aliphatic heterocycles. The molecule has 0 atom stereocenters. The highest BCUT2D eigenvalue weighted by atomic mass is 19.3. The van der Waals surface area contributed by atoms with Crippen LogP contribution in [0.15, 0.2) is 12.4 Å². The second kappa shape index (κ2) is 4.28. The van der Waals surface area contributed by atoms with Crippen molar-refractivity contribution in [2.75, 3.05) is 0 Å². The molecule has 0 aliphatic carbocycles. The molecule has 15 heavy (non-hydrogen) atoms. The van der Waals surface area contributed by atoms with E-state index in [0.717, 1.165) is 0 Å². The van der Waals surface area contributed by atoms with Crippen LogP contribution >= 0.6 is 0 Å². The summed E-state index contributed by atoms with van der Waals surface area (Å²) in [4.78, 5) is 10.6. The quantitative estimate of drug-likeness (QED) is 0.749. The van der Waals surface area contributed by atoms with Gasteiger partial charge in [-0.1, -0.05) is 0 Å². The summed E-state index contributed by atoms with van der Waals surface area (Å²) in [6.45, 7) is -0.280. The van der Waals surface area contributed by atoms with Gasteiger partial charge in [0.2, 0.25) is 0 Å². The third-order valence-corrected chi connectivity index (χ3v) is 1.58. The molecule has 0 fully saturated rings. The molecular weight excluding hydrogens is 218 g/mol. The number of carbonyl (C=O) groups is 1. The topological polar surface area (TPSA) is 57.8 Å². The summed E-state index contributed by atoms with van der Waals surface area (Å²) in [5.74, 6) is -6.66. The molecule has 1 aromatic rings. The lowest BCUT2D eigenvalue weighted by Crippen LogP contribution is -2.44. The lowest BCUT2D eigenvalue weighted by Gasteiger charge is -2.14. The highest BCUT2D eigenvalue weighted by molar-refractivity contribution is 5.83. The molecule has 1 aromatic heterocycles. The van der Waals surface area contributed by atoms with Gasteiger partial charge in [0.25, 0.3) is 5.91 Å². The van der Waals surface area contributed by atoms with E-state index in [2.05, 4.69) is 10.2 Å². The number of carbonyl (C=O) groups excluding carboxylic acids is 1. The van der Waals surface area contributed by atoms with Gasteiger partial charge < -0.3 is 5.32 Å². The number of hydrogen-bond donors (Lipinski definition) is 2. The molecule has 0 bridgehead atoms. The second-order valence-electron chi connectivity index (χ2n) is 2.71. The fourth-order valence-electron chi connectivity index (χ4n) is 0.774. The minimum absolute atomic E-state index is 0.280. The Hall–Kier alpha value is -1.60. The predicted octanol–water partition coefficient (Wildman–Crippen LogP) is 0.926. The standard InChI is InChI=1S/C7H7F4N3O/c8-5(9)7(10,11)6(15)12-1-4-2-13-14-3-4/h2-3,5H,1H2,(H,12,15)(H,13,14). The van der Waals surface area contributed by atoms with Gasteiger partial charge in [0.05, 0.1) is 6.20 Å². The van der Waals surface area contributed by atoms with Crippen LogP contribution in [-0.2, 0) is 11.3 Å². The first-order chi connectivity index (χ1) is 6.94. The van der Waals surface area contributed by atoms with Crippen molar-refractivity contribution in [2.24, 2.45) is 0 Å². The zero-order valence-electron chi connectivity index (χ0n) is 7.31. The second-order valence-corrected chi connectivity index (χ2v) is 2.71. The van der Waals surface area contributed by atoms with Crippen LogP contribution in [0.5, 0.6) is 0 Å². The number of hydrogen-bond acceptors (Lipinski definition) is 2. The summed E-state index contributed by atoms with van der Waals surface area (Å²) in [5, 5.41) is 7.54. The number of nitrogens with one attached hydrogen (secondary N) is 2. The molecule has 0 radical (unpaired) electrons. The van der Waals surface area contributed by atoms with Crippen molar-refractivity contribution in [3.63, 3.8) is 0 Å². The van der Waals surface area contributed by atoms with Crippen LogP contribution in [-0.4, -0.2) is 28.5 Å². The first-order valence-electron chi connectivity index (χ1n) is 3.86. The Morgan fingerprint density at radius 3 is 2.73 bits per heavy atom. The van der Waals surface area contributed by atoms with Crippen LogP contribution in [0.25, 0.3) is 0 Å². The van der Waals surface area contributed by atoms with Gasteiger partial charge in [0, 0.05) is 18.3 Å². The summed E-state index contributed by atoms with van der Waals surface area (Å²) in [6.07, 6.45) is -1.39. The maximum absolute atomic E-state index is 12.4. The van der Waals surface area contributed by atoms with Crippen molar-refractivity contribution in [3.05, 3.63) is 18.0 Å². The van der Waals surface area contributed by atoms with Crippen molar-refractivity contribution in [1.29, 1.82) is 0 Å². The van der Waals surface area contributed by atoms with Crippen molar-refractivity contribution >= 4 is 5.91 Å². The van der Waals surface area contributed by atoms with Crippen molar-refractivity contribution in [3.8, 4) is 0 Å². The number of halogens is 4. The SMILES string of the molecule is O=C(NCc1cn[nH]c1)C(F)(F)C(F)F. The number of aromatic nitrogens is 2. The van der Waals surface area contributed by atoms with Crippen LogP contribution < -0.4 is 5.32 Å². The average molecular weight is 225 g/mol. The first-order valence-corrected chi connectivity index (χ1v) is 3.86. The Kier molecular flexibility index (Phi) is 3.28. The Morgan fingerprint density at radius 2 is 2.27 bits per heavy atom. The van der Waals surface area contributed by atoms with Gasteiger partial charge in [0.1, 0.15) is 0 Å². The van der Waals surface area contributed by atoms with Gasteiger partial charge in [-0.15, -0.1) is 0 Å². The molecule has 4 nitrogen and oxygen atoms in total. The van der Waals surface area contributed by atoms with Crippen LogP contribution in [0.4, 0.5) is 17.6 Å². The number of rotatable bonds is 4. The highest BCUT2D eigenvalue weighted by Gasteiger charge is 2.48. The van der Waals surface area contributed by atoms with Gasteiger partial charge >= 0.3 is 12.3 Å². The van der Waals surface area contributed by atoms with E-state index in [4.69, 9.17) is 0 Å². The number of aromatic amines is 1. The normalized spacial score (nSPS) is 11.8. The fourth-order valence-corrected chi connectivity index (χ4v) is 0.774. The third kappa shape index (κ3) is 2.67. The monoisotopic (exact) mass is 225 g/mol. The molecule has 1 amide bonds. The third-order valence-electron chi connectivity index (χ3n) is 1.58. The van der Waals surface area contributed by atoms with Crippen LogP contribution in [0.1, 0.15) is 5.56 Å². The Bertz CT molecular complexity index is 325. The number of H-pyrrole nitrogens is 1. The van der Waals surface area contributed by atoms with E-state index in [1.54, 1.807) is 5.32 Å². The van der Waals surface area contributed by atoms with E-state index in [9.17, 15) is 22.4 Å². The van der Waals surface area contributed by atoms with Gasteiger partial charge in [-0.2, -0.15) is 13.9 Å². The summed E-state index contributed by atoms with van der Waals surface area (Å²) >= 11 is 0. The molecule has 0 saturated heterocycles. The summed E-state index contributed by atoms with van der Waals surface area (Å²) in [5.41, 5.74) is 0.411. The molecular formula is C7H7F4N3O. The van der Waals surface area contributed by atoms with Crippen molar-refractivity contribution in [2.45, 2.75) is 18.9 Å². The van der Waals surface area contributed by atoms with E-state index < -0.39 is 18.3 Å². The molecule has 8 heteroatoms. The van der Waals surface area contributed by atoms with Gasteiger partial charge in [-0.25, -0.2) is 8.78 Å². The molecule has 84 valence electrons. The Morgan fingerprint density at radius 1 is 1.60 bits per heavy atom. The van der Waals surface area contributed by atoms with E-state index in [1.807, 2.05) is 0 Å². The number of alkyl halides is 4. The van der Waals surface area contributed by atoms with E-state index in [-0.39, 0.29) is 6.54 Å². The van der Waals surface area contributed by atoms with Crippen LogP contribution in [0, 0.1) is 0 Å². The predicted molar refractivity (Wildman–Crippen MR) is 41.4 cm³/mol. The van der Waals surface area contributed by atoms with E-state index in [1.165, 1.54) is 12.4 Å². The number of amides is 1. The van der Waals surface area contributed by atoms with Gasteiger partial charge in [0.15, 0.2) is 0 Å². The maximum atomic E-state index is 12.4. The molecule has 2 N–H and O–H groups in total. The largest absolute Gasteiger partial charge is 0.383 e. The zero-order chi connectivity index (χ0) is 11.5. The molecule has 1 rings (SSSR count). The van der Waals surface area contributed by atoms with E-state index in [0.29, 0.717) is 5.56 Å². The lowest BCUT2D eigenvalue weighted by atomic mass is 10.3. The van der Waals surface area contributed by atoms with Crippen LogP contribution in [0.3, 0.4) is 0 Å². The highest BCUT2D eigenvalue weighted by Crippen LogP contribution is 2.22. The smallest absolute Gasteiger partial charge is 0.346 e. The molecule has 0 aliphatic rings. The van der Waals surface area contributed by atoms with Crippen molar-refractivity contribution < 1.29 is 22.4 Å². The Labute approximate surface area is 81.7 Å². The minimum Gasteiger partial charge on any atom is -0.346 e. The summed E-state index contributed by atoms with van der Waals surface area (Å²) < 4.78 is 48.2. The molecule has 1 heterocycles. The molecule has 0 aromatic carbocycles. The van der Waals surface area contributed by atoms with E-state index >= 15 is 0 Å². The molecule has 0 saturated carbocycles. The first kappa shape index (κ1) is 11.5. The fraction of sp³-hybridized carbons (Fsp3) is 0.429. The summed E-state index contributed by atoms with van der Waals surface area (Å²) in [7, 11) is 0. The lowest BCUT2D eigenvalue weighted by molar-refractivity contribution is -0.169. The number of nitrogens with zero attached hydrogens (tertiary/aromatic N) is 1. The van der Waals surface area contributed by atoms with Crippen molar-refractivity contribution in [1.82, 2.24) is 15.5 Å². The minimum atomic E-state index is -4.66. The molecule has 0 spiro atoms. The zero-order valence-corrected chi connectivity index (χ0v) is 7.31. The van der Waals surface area contributed by atoms with Gasteiger partial charge in [-0.05, 0) is 0 Å².